The Morgan fingerprint density at radius 1 is 0.667 bits per heavy atom. The van der Waals surface area contributed by atoms with Crippen LogP contribution in [0.3, 0.4) is 0 Å². The van der Waals surface area contributed by atoms with E-state index in [0.717, 1.165) is 19.3 Å². The molecule has 1 N–H and O–H groups in total. The zero-order chi connectivity index (χ0) is 19.5. The molecule has 0 rings (SSSR count). The maximum absolute atomic E-state index is 11.0. The zero-order valence-corrected chi connectivity index (χ0v) is 20.9. The van der Waals surface area contributed by atoms with Gasteiger partial charge in [0.2, 0.25) is 0 Å². The van der Waals surface area contributed by atoms with Crippen molar-refractivity contribution in [2.75, 3.05) is 6.61 Å². The van der Waals surface area contributed by atoms with Gasteiger partial charge in [-0.1, -0.05) is 110 Å². The summed E-state index contributed by atoms with van der Waals surface area (Å²) in [4.78, 5) is 0. The van der Waals surface area contributed by atoms with Gasteiger partial charge in [0.15, 0.2) is 0 Å². The van der Waals surface area contributed by atoms with Gasteiger partial charge >= 0.3 is 29.6 Å². The van der Waals surface area contributed by atoms with Crippen LogP contribution in [-0.4, -0.2) is 29.9 Å². The van der Waals surface area contributed by atoms with Crippen molar-refractivity contribution in [1.29, 1.82) is 0 Å². The third kappa shape index (κ3) is 21.4. The van der Waals surface area contributed by atoms with E-state index in [9.17, 15) is 13.0 Å². The fraction of sp³-hybridized carbons (Fsp3) is 1.00. The van der Waals surface area contributed by atoms with Crippen LogP contribution >= 0.6 is 0 Å². The van der Waals surface area contributed by atoms with Gasteiger partial charge in [0.1, 0.15) is 0 Å². The van der Waals surface area contributed by atoms with Crippen molar-refractivity contribution >= 4 is 10.1 Å². The standard InChI is InChI=1S/C21H44O4S.Na/c1-2-3-4-5-6-7-8-9-10-11-12-13-14-15-16-17-18-21(19-20-22)26(23,24)25;/h21-22H,2-20H2,1H3,(H,23,24,25);/q;+1/p-1. The van der Waals surface area contributed by atoms with Gasteiger partial charge in [-0.25, -0.2) is 8.42 Å². The second-order valence-electron chi connectivity index (χ2n) is 7.72. The van der Waals surface area contributed by atoms with Crippen molar-refractivity contribution in [3.63, 3.8) is 0 Å². The second kappa shape index (κ2) is 21.6. The first-order chi connectivity index (χ1) is 12.5. The van der Waals surface area contributed by atoms with Crippen molar-refractivity contribution < 1.29 is 47.6 Å². The minimum Gasteiger partial charge on any atom is -0.748 e. The van der Waals surface area contributed by atoms with Crippen LogP contribution in [0.1, 0.15) is 122 Å². The predicted molar refractivity (Wildman–Crippen MR) is 109 cm³/mol. The maximum atomic E-state index is 11.0. The van der Waals surface area contributed by atoms with Crippen molar-refractivity contribution in [3.05, 3.63) is 0 Å². The molecule has 0 bridgehead atoms. The first-order valence-corrected chi connectivity index (χ1v) is 12.5. The van der Waals surface area contributed by atoms with E-state index in [2.05, 4.69) is 6.92 Å². The average Bonchev–Trinajstić information content (AvgIpc) is 2.59. The summed E-state index contributed by atoms with van der Waals surface area (Å²) in [6.07, 6.45) is 20.9. The van der Waals surface area contributed by atoms with Crippen molar-refractivity contribution in [2.24, 2.45) is 0 Å². The van der Waals surface area contributed by atoms with E-state index < -0.39 is 15.4 Å². The van der Waals surface area contributed by atoms with Gasteiger partial charge in [0, 0.05) is 6.61 Å². The maximum Gasteiger partial charge on any atom is 1.00 e. The van der Waals surface area contributed by atoms with E-state index in [1.807, 2.05) is 0 Å². The molecular weight excluding hydrogens is 371 g/mol. The Labute approximate surface area is 191 Å². The molecule has 0 aromatic heterocycles. The number of aliphatic hydroxyl groups excluding tert-OH is 1. The molecular formula is C21H43NaO4S. The molecule has 0 radical (unpaired) electrons. The Kier molecular flexibility index (Phi) is 24.0. The van der Waals surface area contributed by atoms with Gasteiger partial charge in [-0.3, -0.25) is 0 Å². The number of hydrogen-bond donors (Lipinski definition) is 1. The van der Waals surface area contributed by atoms with Crippen LogP contribution in [0, 0.1) is 0 Å². The van der Waals surface area contributed by atoms with Gasteiger partial charge in [-0.05, 0) is 12.8 Å². The van der Waals surface area contributed by atoms with Gasteiger partial charge in [-0.2, -0.15) is 0 Å². The third-order valence-corrected chi connectivity index (χ3v) is 6.53. The molecule has 1 unspecified atom stereocenters. The van der Waals surface area contributed by atoms with Crippen LogP contribution in [0.5, 0.6) is 0 Å². The van der Waals surface area contributed by atoms with Crippen LogP contribution in [0.4, 0.5) is 0 Å². The van der Waals surface area contributed by atoms with E-state index in [-0.39, 0.29) is 42.6 Å². The summed E-state index contributed by atoms with van der Waals surface area (Å²) < 4.78 is 33.1. The van der Waals surface area contributed by atoms with E-state index in [4.69, 9.17) is 5.11 Å². The molecule has 0 aliphatic heterocycles. The van der Waals surface area contributed by atoms with Gasteiger partial charge in [-0.15, -0.1) is 0 Å². The molecule has 6 heteroatoms. The monoisotopic (exact) mass is 414 g/mol. The van der Waals surface area contributed by atoms with Gasteiger partial charge in [0.05, 0.1) is 15.4 Å². The first-order valence-electron chi connectivity index (χ1n) is 11.1. The number of hydrogen-bond acceptors (Lipinski definition) is 4. The second-order valence-corrected chi connectivity index (χ2v) is 9.37. The summed E-state index contributed by atoms with van der Waals surface area (Å²) in [5, 5.41) is 7.93. The largest absolute Gasteiger partial charge is 1.00 e. The molecule has 0 spiro atoms. The Balaban J connectivity index is 0. The topological polar surface area (TPSA) is 77.4 Å². The van der Waals surface area contributed by atoms with Crippen molar-refractivity contribution in [1.82, 2.24) is 0 Å². The Morgan fingerprint density at radius 3 is 1.30 bits per heavy atom. The number of unbranched alkanes of at least 4 members (excludes halogenated alkanes) is 15. The SMILES string of the molecule is CCCCCCCCCCCCCCCCCCC(CCO)S(=O)(=O)[O-].[Na+]. The molecule has 0 fully saturated rings. The minimum absolute atomic E-state index is 0. The zero-order valence-electron chi connectivity index (χ0n) is 18.1. The quantitative estimate of drug-likeness (QED) is 0.189. The molecule has 4 nitrogen and oxygen atoms in total. The summed E-state index contributed by atoms with van der Waals surface area (Å²) in [6, 6.07) is 0. The Bertz CT molecular complexity index is 388. The third-order valence-electron chi connectivity index (χ3n) is 5.24. The summed E-state index contributed by atoms with van der Waals surface area (Å²) in [6.45, 7) is 2.03. The molecule has 0 saturated heterocycles. The average molecular weight is 415 g/mol. The Morgan fingerprint density at radius 2 is 1.00 bits per heavy atom. The predicted octanol–water partition coefficient (Wildman–Crippen LogP) is 2.94. The number of rotatable bonds is 20. The number of aliphatic hydroxyl groups is 1. The van der Waals surface area contributed by atoms with E-state index in [1.54, 1.807) is 0 Å². The van der Waals surface area contributed by atoms with Gasteiger partial charge in [0.25, 0.3) is 0 Å². The summed E-state index contributed by atoms with van der Waals surface area (Å²) in [5.74, 6) is 0. The van der Waals surface area contributed by atoms with E-state index in [1.165, 1.54) is 83.5 Å². The summed E-state index contributed by atoms with van der Waals surface area (Å²) in [5.41, 5.74) is 0. The van der Waals surface area contributed by atoms with Crippen LogP contribution in [0.2, 0.25) is 0 Å². The normalized spacial score (nSPS) is 12.7. The fourth-order valence-electron chi connectivity index (χ4n) is 3.50. The van der Waals surface area contributed by atoms with E-state index in [0.29, 0.717) is 6.42 Å². The molecule has 0 heterocycles. The summed E-state index contributed by atoms with van der Waals surface area (Å²) >= 11 is 0. The van der Waals surface area contributed by atoms with E-state index >= 15 is 0 Å². The molecule has 0 aromatic carbocycles. The first kappa shape index (κ1) is 30.1. The van der Waals surface area contributed by atoms with Crippen molar-refractivity contribution in [3.8, 4) is 0 Å². The molecule has 0 aliphatic carbocycles. The molecule has 158 valence electrons. The van der Waals surface area contributed by atoms with Crippen LogP contribution in [0.25, 0.3) is 0 Å². The molecule has 27 heavy (non-hydrogen) atoms. The van der Waals surface area contributed by atoms with Crippen molar-refractivity contribution in [2.45, 2.75) is 128 Å². The van der Waals surface area contributed by atoms with Gasteiger partial charge < -0.3 is 9.66 Å². The molecule has 1 atom stereocenters. The smallest absolute Gasteiger partial charge is 0.748 e. The minimum atomic E-state index is -4.26. The van der Waals surface area contributed by atoms with Crippen LogP contribution in [0.15, 0.2) is 0 Å². The molecule has 0 aromatic rings. The molecule has 0 amide bonds. The summed E-state index contributed by atoms with van der Waals surface area (Å²) in [7, 11) is -4.26. The molecule has 0 saturated carbocycles. The van der Waals surface area contributed by atoms with Crippen LogP contribution < -0.4 is 29.6 Å². The van der Waals surface area contributed by atoms with Crippen LogP contribution in [-0.2, 0) is 10.1 Å². The Hall–Kier alpha value is 0.870. The molecule has 0 aliphatic rings. The fourth-order valence-corrected chi connectivity index (χ4v) is 4.35.